The van der Waals surface area contributed by atoms with Gasteiger partial charge in [-0.2, -0.15) is 0 Å². The number of nitrogens with one attached hydrogen (secondary N) is 1. The molecule has 1 atom stereocenters. The predicted molar refractivity (Wildman–Crippen MR) is 111 cm³/mol. The van der Waals surface area contributed by atoms with Crippen LogP contribution >= 0.6 is 0 Å². The third-order valence-electron chi connectivity index (χ3n) is 5.06. The average molecular weight is 408 g/mol. The van der Waals surface area contributed by atoms with E-state index in [0.29, 0.717) is 33.8 Å². The number of anilines is 2. The maximum Gasteiger partial charge on any atom is 0.336 e. The van der Waals surface area contributed by atoms with Gasteiger partial charge in [-0.15, -0.1) is 0 Å². The Morgan fingerprint density at radius 3 is 2.67 bits per heavy atom. The first-order chi connectivity index (χ1) is 14.5. The molecule has 8 nitrogen and oxygen atoms in total. The standard InChI is InChI=1S/C22H20N2O6/c1-28-16-5-7-19(29-2)17(11-16)24-12-14(10-20(24)25)22(27)23-15-4-6-18-13(9-15)3-8-21(26)30-18/h3-9,11,14H,10,12H2,1-2H3,(H,23,27)/t14-/m1/s1. The van der Waals surface area contributed by atoms with E-state index in [2.05, 4.69) is 5.32 Å². The van der Waals surface area contributed by atoms with E-state index in [-0.39, 0.29) is 24.8 Å². The average Bonchev–Trinajstić information content (AvgIpc) is 3.15. The van der Waals surface area contributed by atoms with Gasteiger partial charge in [0.2, 0.25) is 11.8 Å². The van der Waals surface area contributed by atoms with Crippen molar-refractivity contribution < 1.29 is 23.5 Å². The van der Waals surface area contributed by atoms with Gasteiger partial charge in [-0.1, -0.05) is 0 Å². The fraction of sp³-hybridized carbons (Fsp3) is 0.227. The first kappa shape index (κ1) is 19.5. The van der Waals surface area contributed by atoms with Crippen LogP contribution < -0.4 is 25.3 Å². The largest absolute Gasteiger partial charge is 0.497 e. The van der Waals surface area contributed by atoms with Crippen molar-refractivity contribution in [2.24, 2.45) is 5.92 Å². The van der Waals surface area contributed by atoms with Crippen LogP contribution in [0.3, 0.4) is 0 Å². The van der Waals surface area contributed by atoms with E-state index >= 15 is 0 Å². The number of methoxy groups -OCH3 is 2. The second kappa shape index (κ2) is 7.90. The maximum absolute atomic E-state index is 12.8. The third-order valence-corrected chi connectivity index (χ3v) is 5.06. The molecule has 1 saturated heterocycles. The van der Waals surface area contributed by atoms with Crippen LogP contribution in [0.2, 0.25) is 0 Å². The normalized spacial score (nSPS) is 16.0. The molecule has 1 aliphatic heterocycles. The lowest BCUT2D eigenvalue weighted by molar-refractivity contribution is -0.122. The SMILES string of the molecule is COc1ccc(OC)c(N2C[C@H](C(=O)Nc3ccc4oc(=O)ccc4c3)CC2=O)c1. The molecule has 1 fully saturated rings. The van der Waals surface area contributed by atoms with Gasteiger partial charge in [-0.05, 0) is 36.4 Å². The topological polar surface area (TPSA) is 98.1 Å². The number of hydrogen-bond acceptors (Lipinski definition) is 6. The first-order valence-electron chi connectivity index (χ1n) is 9.35. The Morgan fingerprint density at radius 2 is 1.90 bits per heavy atom. The minimum atomic E-state index is -0.516. The summed E-state index contributed by atoms with van der Waals surface area (Å²) in [5.74, 6) is 0.180. The summed E-state index contributed by atoms with van der Waals surface area (Å²) < 4.78 is 15.7. The van der Waals surface area contributed by atoms with E-state index in [1.165, 1.54) is 13.2 Å². The van der Waals surface area contributed by atoms with Gasteiger partial charge in [-0.25, -0.2) is 4.79 Å². The molecule has 1 aliphatic rings. The summed E-state index contributed by atoms with van der Waals surface area (Å²) in [4.78, 5) is 38.2. The minimum Gasteiger partial charge on any atom is -0.497 e. The Hall–Kier alpha value is -3.81. The Morgan fingerprint density at radius 1 is 1.07 bits per heavy atom. The monoisotopic (exact) mass is 408 g/mol. The fourth-order valence-corrected chi connectivity index (χ4v) is 3.52. The summed E-state index contributed by atoms with van der Waals surface area (Å²) in [6, 6.07) is 13.1. The zero-order chi connectivity index (χ0) is 21.3. The first-order valence-corrected chi connectivity index (χ1v) is 9.35. The molecule has 8 heteroatoms. The Labute approximate surface area is 172 Å². The van der Waals surface area contributed by atoms with Crippen LogP contribution in [0, 0.1) is 5.92 Å². The summed E-state index contributed by atoms with van der Waals surface area (Å²) in [7, 11) is 3.07. The molecule has 0 radical (unpaired) electrons. The molecule has 4 rings (SSSR count). The molecule has 2 aromatic carbocycles. The summed E-state index contributed by atoms with van der Waals surface area (Å²) in [6.45, 7) is 0.233. The molecule has 0 saturated carbocycles. The highest BCUT2D eigenvalue weighted by molar-refractivity contribution is 6.04. The van der Waals surface area contributed by atoms with E-state index in [1.807, 2.05) is 0 Å². The van der Waals surface area contributed by atoms with Crippen molar-refractivity contribution in [3.05, 3.63) is 59.0 Å². The number of ether oxygens (including phenoxy) is 2. The number of carbonyl (C=O) groups is 2. The number of amides is 2. The summed E-state index contributed by atoms with van der Waals surface area (Å²) in [6.07, 6.45) is 0.0919. The predicted octanol–water partition coefficient (Wildman–Crippen LogP) is 2.80. The van der Waals surface area contributed by atoms with Gasteiger partial charge < -0.3 is 24.1 Å². The molecule has 0 spiro atoms. The zero-order valence-corrected chi connectivity index (χ0v) is 16.5. The van der Waals surface area contributed by atoms with Gasteiger partial charge >= 0.3 is 5.63 Å². The summed E-state index contributed by atoms with van der Waals surface area (Å²) in [5.41, 5.74) is 1.13. The lowest BCUT2D eigenvalue weighted by Gasteiger charge is -2.20. The van der Waals surface area contributed by atoms with Crippen LogP contribution in [0.15, 0.2) is 57.7 Å². The smallest absolute Gasteiger partial charge is 0.336 e. The molecule has 0 bridgehead atoms. The Balaban J connectivity index is 1.52. The Kier molecular flexibility index (Phi) is 5.14. The van der Waals surface area contributed by atoms with Crippen LogP contribution in [-0.4, -0.2) is 32.6 Å². The van der Waals surface area contributed by atoms with Crippen molar-refractivity contribution >= 4 is 34.2 Å². The molecule has 3 aromatic rings. The van der Waals surface area contributed by atoms with Crippen molar-refractivity contribution in [1.82, 2.24) is 0 Å². The van der Waals surface area contributed by atoms with Gasteiger partial charge in [0.05, 0.1) is 25.8 Å². The number of nitrogens with zero attached hydrogens (tertiary/aromatic N) is 1. The van der Waals surface area contributed by atoms with Crippen molar-refractivity contribution in [3.63, 3.8) is 0 Å². The maximum atomic E-state index is 12.8. The third kappa shape index (κ3) is 3.71. The number of benzene rings is 2. The van der Waals surface area contributed by atoms with Crippen molar-refractivity contribution in [3.8, 4) is 11.5 Å². The highest BCUT2D eigenvalue weighted by Gasteiger charge is 2.36. The highest BCUT2D eigenvalue weighted by Crippen LogP contribution is 2.36. The molecule has 0 unspecified atom stereocenters. The molecule has 1 aromatic heterocycles. The van der Waals surface area contributed by atoms with Crippen molar-refractivity contribution in [1.29, 1.82) is 0 Å². The van der Waals surface area contributed by atoms with Gasteiger partial charge in [0.25, 0.3) is 0 Å². The lowest BCUT2D eigenvalue weighted by Crippen LogP contribution is -2.28. The van der Waals surface area contributed by atoms with Crippen LogP contribution in [0.25, 0.3) is 11.0 Å². The van der Waals surface area contributed by atoms with E-state index in [9.17, 15) is 14.4 Å². The molecule has 154 valence electrons. The number of carbonyl (C=O) groups excluding carboxylic acids is 2. The molecule has 30 heavy (non-hydrogen) atoms. The lowest BCUT2D eigenvalue weighted by atomic mass is 10.1. The molecule has 2 heterocycles. The van der Waals surface area contributed by atoms with Crippen LogP contribution in [0.1, 0.15) is 6.42 Å². The molecule has 2 amide bonds. The van der Waals surface area contributed by atoms with Crippen LogP contribution in [-0.2, 0) is 9.59 Å². The zero-order valence-electron chi connectivity index (χ0n) is 16.5. The highest BCUT2D eigenvalue weighted by atomic mass is 16.5. The van der Waals surface area contributed by atoms with E-state index in [0.717, 1.165) is 0 Å². The van der Waals surface area contributed by atoms with Crippen molar-refractivity contribution in [2.75, 3.05) is 31.0 Å². The minimum absolute atomic E-state index is 0.0919. The van der Waals surface area contributed by atoms with Gasteiger partial charge in [0, 0.05) is 36.2 Å². The second-order valence-corrected chi connectivity index (χ2v) is 6.94. The number of fused-ring (bicyclic) bond motifs is 1. The van der Waals surface area contributed by atoms with Gasteiger partial charge in [0.1, 0.15) is 17.1 Å². The van der Waals surface area contributed by atoms with Crippen molar-refractivity contribution in [2.45, 2.75) is 6.42 Å². The van der Waals surface area contributed by atoms with Crippen LogP contribution in [0.5, 0.6) is 11.5 Å². The van der Waals surface area contributed by atoms with E-state index in [4.69, 9.17) is 13.9 Å². The second-order valence-electron chi connectivity index (χ2n) is 6.94. The van der Waals surface area contributed by atoms with Gasteiger partial charge in [0.15, 0.2) is 0 Å². The van der Waals surface area contributed by atoms with Gasteiger partial charge in [-0.3, -0.25) is 9.59 Å². The fourth-order valence-electron chi connectivity index (χ4n) is 3.52. The summed E-state index contributed by atoms with van der Waals surface area (Å²) in [5, 5.41) is 3.53. The molecular formula is C22H20N2O6. The molecule has 1 N–H and O–H groups in total. The van der Waals surface area contributed by atoms with E-state index in [1.54, 1.807) is 54.5 Å². The summed E-state index contributed by atoms with van der Waals surface area (Å²) >= 11 is 0. The molecule has 0 aliphatic carbocycles. The van der Waals surface area contributed by atoms with E-state index < -0.39 is 11.5 Å². The number of hydrogen-bond donors (Lipinski definition) is 1. The quantitative estimate of drug-likeness (QED) is 0.652. The Bertz CT molecular complexity index is 1190. The number of rotatable bonds is 5. The van der Waals surface area contributed by atoms with Crippen LogP contribution in [0.4, 0.5) is 11.4 Å². The molecular weight excluding hydrogens is 388 g/mol.